The van der Waals surface area contributed by atoms with E-state index in [0.717, 1.165) is 0 Å². The molecule has 1 saturated heterocycles. The molecule has 1 aromatic rings. The summed E-state index contributed by atoms with van der Waals surface area (Å²) < 4.78 is 27.8. The van der Waals surface area contributed by atoms with E-state index < -0.39 is 42.8 Å². The summed E-state index contributed by atoms with van der Waals surface area (Å²) in [7, 11) is 0. The Morgan fingerprint density at radius 2 is 1.77 bits per heavy atom. The maximum atomic E-state index is 13.9. The number of hydrogen-bond acceptors (Lipinski definition) is 3. The fraction of sp³-hybridized carbons (Fsp3) is 0.357. The number of imide groups is 1. The molecule has 8 heteroatoms. The van der Waals surface area contributed by atoms with Gasteiger partial charge in [-0.1, -0.05) is 12.1 Å². The molecule has 0 aromatic heterocycles. The van der Waals surface area contributed by atoms with Crippen molar-refractivity contribution in [3.8, 4) is 0 Å². The van der Waals surface area contributed by atoms with Gasteiger partial charge in [0, 0.05) is 13.0 Å². The molecule has 0 spiro atoms. The SMILES string of the molecule is O=C1c2ccccc2C(=O)N1C[C@H]1N(C(=O)O)CCC1(F)F. The van der Waals surface area contributed by atoms with Crippen LogP contribution in [0.25, 0.3) is 0 Å². The van der Waals surface area contributed by atoms with E-state index in [1.54, 1.807) is 12.1 Å². The fourth-order valence-electron chi connectivity index (χ4n) is 2.86. The predicted molar refractivity (Wildman–Crippen MR) is 69.9 cm³/mol. The molecule has 3 amide bonds. The van der Waals surface area contributed by atoms with Gasteiger partial charge in [-0.2, -0.15) is 0 Å². The van der Waals surface area contributed by atoms with Gasteiger partial charge in [0.1, 0.15) is 6.04 Å². The molecule has 1 N–H and O–H groups in total. The molecule has 2 aliphatic heterocycles. The van der Waals surface area contributed by atoms with E-state index in [1.165, 1.54) is 12.1 Å². The van der Waals surface area contributed by atoms with E-state index in [-0.39, 0.29) is 17.7 Å². The zero-order valence-corrected chi connectivity index (χ0v) is 11.3. The summed E-state index contributed by atoms with van der Waals surface area (Å²) in [5, 5.41) is 9.00. The Kier molecular flexibility index (Phi) is 3.12. The molecule has 6 nitrogen and oxygen atoms in total. The van der Waals surface area contributed by atoms with Crippen LogP contribution in [0.5, 0.6) is 0 Å². The van der Waals surface area contributed by atoms with Crippen molar-refractivity contribution >= 4 is 17.9 Å². The number of amides is 3. The lowest BCUT2D eigenvalue weighted by Crippen LogP contribution is -2.50. The number of hydrogen-bond donors (Lipinski definition) is 1. The number of fused-ring (bicyclic) bond motifs is 1. The first kappa shape index (κ1) is 14.4. The third kappa shape index (κ3) is 2.02. The third-order valence-corrected chi connectivity index (χ3v) is 4.03. The minimum Gasteiger partial charge on any atom is -0.465 e. The van der Waals surface area contributed by atoms with Crippen LogP contribution >= 0.6 is 0 Å². The molecule has 22 heavy (non-hydrogen) atoms. The second-order valence-corrected chi connectivity index (χ2v) is 5.27. The summed E-state index contributed by atoms with van der Waals surface area (Å²) in [6, 6.07) is 4.31. The zero-order valence-electron chi connectivity index (χ0n) is 11.3. The summed E-state index contributed by atoms with van der Waals surface area (Å²) in [5.74, 6) is -4.62. The molecule has 1 atom stereocenters. The van der Waals surface area contributed by atoms with Crippen LogP contribution in [0.2, 0.25) is 0 Å². The lowest BCUT2D eigenvalue weighted by Gasteiger charge is -2.28. The maximum Gasteiger partial charge on any atom is 0.407 e. The van der Waals surface area contributed by atoms with Crippen molar-refractivity contribution in [3.63, 3.8) is 0 Å². The van der Waals surface area contributed by atoms with Crippen LogP contribution in [0.3, 0.4) is 0 Å². The van der Waals surface area contributed by atoms with Gasteiger partial charge < -0.3 is 5.11 Å². The van der Waals surface area contributed by atoms with E-state index >= 15 is 0 Å². The van der Waals surface area contributed by atoms with Gasteiger partial charge in [0.15, 0.2) is 0 Å². The van der Waals surface area contributed by atoms with Gasteiger partial charge in [-0.05, 0) is 12.1 Å². The van der Waals surface area contributed by atoms with Crippen molar-refractivity contribution in [2.24, 2.45) is 0 Å². The van der Waals surface area contributed by atoms with E-state index in [2.05, 4.69) is 0 Å². The minimum absolute atomic E-state index is 0.149. The molecule has 0 saturated carbocycles. The fourth-order valence-corrected chi connectivity index (χ4v) is 2.86. The Balaban J connectivity index is 1.89. The van der Waals surface area contributed by atoms with Crippen molar-refractivity contribution in [3.05, 3.63) is 35.4 Å². The molecule has 1 fully saturated rings. The van der Waals surface area contributed by atoms with Crippen LogP contribution in [0, 0.1) is 0 Å². The summed E-state index contributed by atoms with van der Waals surface area (Å²) >= 11 is 0. The van der Waals surface area contributed by atoms with Gasteiger partial charge in [0.25, 0.3) is 17.7 Å². The summed E-state index contributed by atoms with van der Waals surface area (Å²) in [4.78, 5) is 36.7. The van der Waals surface area contributed by atoms with Crippen LogP contribution in [0.15, 0.2) is 24.3 Å². The van der Waals surface area contributed by atoms with Crippen molar-refractivity contribution in [2.75, 3.05) is 13.1 Å². The third-order valence-electron chi connectivity index (χ3n) is 4.03. The van der Waals surface area contributed by atoms with Crippen LogP contribution in [0.1, 0.15) is 27.1 Å². The number of halogens is 2. The quantitative estimate of drug-likeness (QED) is 0.843. The Morgan fingerprint density at radius 3 is 2.27 bits per heavy atom. The predicted octanol–water partition coefficient (Wildman–Crippen LogP) is 1.67. The first-order chi connectivity index (χ1) is 10.3. The molecule has 2 aliphatic rings. The number of carbonyl (C=O) groups is 3. The first-order valence-electron chi connectivity index (χ1n) is 6.65. The van der Waals surface area contributed by atoms with E-state index in [4.69, 9.17) is 5.11 Å². The molecular weight excluding hydrogens is 298 g/mol. The van der Waals surface area contributed by atoms with Gasteiger partial charge in [0.05, 0.1) is 17.7 Å². The molecule has 0 unspecified atom stereocenters. The van der Waals surface area contributed by atoms with Crippen molar-refractivity contribution in [1.82, 2.24) is 9.80 Å². The number of nitrogens with zero attached hydrogens (tertiary/aromatic N) is 2. The summed E-state index contributed by atoms with van der Waals surface area (Å²) in [5.41, 5.74) is 0.298. The Morgan fingerprint density at radius 1 is 1.23 bits per heavy atom. The van der Waals surface area contributed by atoms with Crippen molar-refractivity contribution in [2.45, 2.75) is 18.4 Å². The van der Waals surface area contributed by atoms with Crippen molar-refractivity contribution < 1.29 is 28.3 Å². The topological polar surface area (TPSA) is 77.9 Å². The molecule has 2 heterocycles. The highest BCUT2D eigenvalue weighted by molar-refractivity contribution is 6.21. The lowest BCUT2D eigenvalue weighted by atomic mass is 10.1. The number of benzene rings is 1. The summed E-state index contributed by atoms with van der Waals surface area (Å²) in [6.45, 7) is -0.970. The van der Waals surface area contributed by atoms with Crippen LogP contribution in [-0.4, -0.2) is 57.9 Å². The molecule has 3 rings (SSSR count). The number of alkyl halides is 2. The van der Waals surface area contributed by atoms with E-state index in [0.29, 0.717) is 9.80 Å². The molecule has 0 bridgehead atoms. The number of carboxylic acid groups (broad SMARTS) is 1. The highest BCUT2D eigenvalue weighted by Gasteiger charge is 2.53. The zero-order chi connectivity index (χ0) is 16.1. The largest absolute Gasteiger partial charge is 0.465 e. The monoisotopic (exact) mass is 310 g/mol. The van der Waals surface area contributed by atoms with Crippen LogP contribution in [0.4, 0.5) is 13.6 Å². The van der Waals surface area contributed by atoms with Crippen LogP contribution < -0.4 is 0 Å². The first-order valence-corrected chi connectivity index (χ1v) is 6.65. The standard InChI is InChI=1S/C14H12F2N2O4/c15-14(16)5-6-17(13(21)22)10(14)7-18-11(19)8-3-1-2-4-9(8)12(18)20/h1-4,10H,5-7H2,(H,21,22)/t10-/m1/s1. The Hall–Kier alpha value is -2.51. The Bertz CT molecular complexity index is 642. The highest BCUT2D eigenvalue weighted by Crippen LogP contribution is 2.35. The summed E-state index contributed by atoms with van der Waals surface area (Å²) in [6.07, 6.45) is -2.11. The smallest absolute Gasteiger partial charge is 0.407 e. The molecule has 1 aromatic carbocycles. The number of rotatable bonds is 2. The minimum atomic E-state index is -3.27. The Labute approximate surface area is 123 Å². The van der Waals surface area contributed by atoms with Gasteiger partial charge in [0.2, 0.25) is 0 Å². The van der Waals surface area contributed by atoms with Crippen LogP contribution in [-0.2, 0) is 0 Å². The van der Waals surface area contributed by atoms with Gasteiger partial charge >= 0.3 is 6.09 Å². The van der Waals surface area contributed by atoms with E-state index in [9.17, 15) is 23.2 Å². The molecular formula is C14H12F2N2O4. The highest BCUT2D eigenvalue weighted by atomic mass is 19.3. The normalized spacial score (nSPS) is 23.1. The van der Waals surface area contributed by atoms with Gasteiger partial charge in [-0.3, -0.25) is 19.4 Å². The van der Waals surface area contributed by atoms with Crippen molar-refractivity contribution in [1.29, 1.82) is 0 Å². The number of likely N-dealkylation sites (tertiary alicyclic amines) is 1. The second-order valence-electron chi connectivity index (χ2n) is 5.27. The molecule has 116 valence electrons. The average molecular weight is 310 g/mol. The van der Waals surface area contributed by atoms with Gasteiger partial charge in [-0.25, -0.2) is 13.6 Å². The molecule has 0 aliphatic carbocycles. The second kappa shape index (κ2) is 4.75. The maximum absolute atomic E-state index is 13.9. The number of carbonyl (C=O) groups excluding carboxylic acids is 2. The average Bonchev–Trinajstić information content (AvgIpc) is 2.89. The lowest BCUT2D eigenvalue weighted by molar-refractivity contribution is -0.0361. The molecule has 0 radical (unpaired) electrons. The van der Waals surface area contributed by atoms with E-state index in [1.807, 2.05) is 0 Å². The van der Waals surface area contributed by atoms with Gasteiger partial charge in [-0.15, -0.1) is 0 Å².